The third-order valence-corrected chi connectivity index (χ3v) is 2.50. The summed E-state index contributed by atoms with van der Waals surface area (Å²) >= 11 is 0.521. The lowest BCUT2D eigenvalue weighted by Gasteiger charge is -2.19. The molecule has 0 saturated carbocycles. The number of hydrogen-bond donors (Lipinski definition) is 1. The highest BCUT2D eigenvalue weighted by Gasteiger charge is 2.32. The van der Waals surface area contributed by atoms with Gasteiger partial charge in [-0.25, -0.2) is 4.79 Å². The Balaban J connectivity index is 2.65. The van der Waals surface area contributed by atoms with Crippen molar-refractivity contribution in [1.29, 1.82) is 0 Å². The van der Waals surface area contributed by atoms with Gasteiger partial charge in [0.15, 0.2) is 0 Å². The average Bonchev–Trinajstić information content (AvgIpc) is 2.47. The Bertz CT molecular complexity index is 406. The molecule has 7 heteroatoms. The fourth-order valence-electron chi connectivity index (χ4n) is 0.972. The Morgan fingerprint density at radius 3 is 2.35 bits per heavy atom. The Morgan fingerprint density at radius 1 is 1.35 bits per heavy atom. The molecule has 3 nitrogen and oxygen atoms in total. The highest BCUT2D eigenvalue weighted by Crippen LogP contribution is 2.35. The predicted molar refractivity (Wildman–Crippen MR) is 59.2 cm³/mol. The monoisotopic (exact) mass is 267 g/mol. The van der Waals surface area contributed by atoms with Gasteiger partial charge in [0, 0.05) is 5.38 Å². The molecule has 0 saturated heterocycles. The van der Waals surface area contributed by atoms with E-state index in [-0.39, 0.29) is 5.69 Å². The van der Waals surface area contributed by atoms with Crippen molar-refractivity contribution in [2.45, 2.75) is 32.5 Å². The summed E-state index contributed by atoms with van der Waals surface area (Å²) in [6.07, 6.45) is -5.16. The molecule has 0 aromatic carbocycles. The zero-order valence-electron chi connectivity index (χ0n) is 9.51. The number of rotatable bonds is 1. The summed E-state index contributed by atoms with van der Waals surface area (Å²) in [7, 11) is 0. The van der Waals surface area contributed by atoms with Crippen molar-refractivity contribution >= 4 is 23.1 Å². The standard InChI is InChI=1S/C10H12F3NO2S/c1-9(2,3)16-8(15)14-6-4-7(17-5-6)10(11,12)13/h4-5H,1-3H3,(H,14,15). The first kappa shape index (κ1) is 13.8. The number of halogens is 3. The van der Waals surface area contributed by atoms with Crippen LogP contribution in [0.3, 0.4) is 0 Å². The Kier molecular flexibility index (Phi) is 3.71. The van der Waals surface area contributed by atoms with E-state index in [1.165, 1.54) is 5.38 Å². The molecule has 1 heterocycles. The van der Waals surface area contributed by atoms with E-state index in [1.54, 1.807) is 20.8 Å². The largest absolute Gasteiger partial charge is 0.444 e. The molecule has 1 amide bonds. The van der Waals surface area contributed by atoms with Crippen molar-refractivity contribution in [2.24, 2.45) is 0 Å². The fraction of sp³-hybridized carbons (Fsp3) is 0.500. The van der Waals surface area contributed by atoms with Crippen molar-refractivity contribution in [1.82, 2.24) is 0 Å². The number of alkyl halides is 3. The second kappa shape index (κ2) is 4.56. The SMILES string of the molecule is CC(C)(C)OC(=O)Nc1csc(C(F)(F)F)c1. The molecular weight excluding hydrogens is 255 g/mol. The Labute approximate surface area is 101 Å². The van der Waals surface area contributed by atoms with Gasteiger partial charge < -0.3 is 4.74 Å². The molecule has 0 atom stereocenters. The van der Waals surface area contributed by atoms with Crippen molar-refractivity contribution in [3.05, 3.63) is 16.3 Å². The lowest BCUT2D eigenvalue weighted by Crippen LogP contribution is -2.27. The molecule has 1 aromatic rings. The van der Waals surface area contributed by atoms with Crippen LogP contribution in [0.2, 0.25) is 0 Å². The molecule has 0 spiro atoms. The minimum atomic E-state index is -4.39. The maximum absolute atomic E-state index is 12.3. The van der Waals surface area contributed by atoms with Gasteiger partial charge in [-0.2, -0.15) is 13.2 Å². The molecule has 0 fully saturated rings. The van der Waals surface area contributed by atoms with Gasteiger partial charge in [0.25, 0.3) is 0 Å². The van der Waals surface area contributed by atoms with Crippen molar-refractivity contribution in [2.75, 3.05) is 5.32 Å². The van der Waals surface area contributed by atoms with E-state index in [4.69, 9.17) is 4.74 Å². The molecule has 0 radical (unpaired) electrons. The smallest absolute Gasteiger partial charge is 0.425 e. The summed E-state index contributed by atoms with van der Waals surface area (Å²) in [4.78, 5) is 10.5. The molecule has 0 aliphatic rings. The van der Waals surface area contributed by atoms with E-state index in [9.17, 15) is 18.0 Å². The maximum atomic E-state index is 12.3. The topological polar surface area (TPSA) is 38.3 Å². The van der Waals surface area contributed by atoms with Gasteiger partial charge in [-0.3, -0.25) is 5.32 Å². The lowest BCUT2D eigenvalue weighted by molar-refractivity contribution is -0.134. The molecular formula is C10H12F3NO2S. The van der Waals surface area contributed by atoms with Crippen LogP contribution in [0, 0.1) is 0 Å². The third kappa shape index (κ3) is 4.64. The van der Waals surface area contributed by atoms with E-state index >= 15 is 0 Å². The van der Waals surface area contributed by atoms with Gasteiger partial charge in [0.1, 0.15) is 10.5 Å². The van der Waals surface area contributed by atoms with Crippen LogP contribution in [-0.4, -0.2) is 11.7 Å². The lowest BCUT2D eigenvalue weighted by atomic mass is 10.2. The zero-order chi connectivity index (χ0) is 13.3. The van der Waals surface area contributed by atoms with Crippen LogP contribution >= 0.6 is 11.3 Å². The Hall–Kier alpha value is -1.24. The highest BCUT2D eigenvalue weighted by molar-refractivity contribution is 7.10. The van der Waals surface area contributed by atoms with Gasteiger partial charge in [0.2, 0.25) is 0 Å². The summed E-state index contributed by atoms with van der Waals surface area (Å²) in [5, 5.41) is 3.46. The quantitative estimate of drug-likeness (QED) is 0.831. The van der Waals surface area contributed by atoms with Crippen LogP contribution in [-0.2, 0) is 10.9 Å². The number of carbonyl (C=O) groups is 1. The minimum Gasteiger partial charge on any atom is -0.444 e. The summed E-state index contributed by atoms with van der Waals surface area (Å²) < 4.78 is 41.7. The van der Waals surface area contributed by atoms with Gasteiger partial charge in [-0.05, 0) is 26.8 Å². The number of carbonyl (C=O) groups excluding carboxylic acids is 1. The van der Waals surface area contributed by atoms with Crippen LogP contribution in [0.15, 0.2) is 11.4 Å². The molecule has 1 N–H and O–H groups in total. The summed E-state index contributed by atoms with van der Waals surface area (Å²) in [6, 6.07) is 0.870. The van der Waals surface area contributed by atoms with Crippen molar-refractivity contribution in [3.63, 3.8) is 0 Å². The van der Waals surface area contributed by atoms with E-state index in [0.717, 1.165) is 6.07 Å². The zero-order valence-corrected chi connectivity index (χ0v) is 10.3. The number of amides is 1. The summed E-state index contributed by atoms with van der Waals surface area (Å²) in [6.45, 7) is 5.00. The van der Waals surface area contributed by atoms with Gasteiger partial charge in [-0.1, -0.05) is 0 Å². The van der Waals surface area contributed by atoms with Crippen LogP contribution in [0.4, 0.5) is 23.7 Å². The molecule has 0 aliphatic carbocycles. The predicted octanol–water partition coefficient (Wildman–Crippen LogP) is 4.11. The second-order valence-electron chi connectivity index (χ2n) is 4.32. The van der Waals surface area contributed by atoms with Gasteiger partial charge >= 0.3 is 12.3 Å². The fourth-order valence-corrected chi connectivity index (χ4v) is 1.68. The molecule has 1 rings (SSSR count). The van der Waals surface area contributed by atoms with Crippen LogP contribution in [0.1, 0.15) is 25.6 Å². The number of nitrogens with one attached hydrogen (secondary N) is 1. The summed E-state index contributed by atoms with van der Waals surface area (Å²) in [5.41, 5.74) is -0.607. The van der Waals surface area contributed by atoms with E-state index < -0.39 is 22.7 Å². The number of anilines is 1. The summed E-state index contributed by atoms with van der Waals surface area (Å²) in [5.74, 6) is 0. The van der Waals surface area contributed by atoms with Crippen LogP contribution < -0.4 is 5.32 Å². The second-order valence-corrected chi connectivity index (χ2v) is 5.24. The first-order valence-electron chi connectivity index (χ1n) is 4.74. The molecule has 1 aromatic heterocycles. The van der Waals surface area contributed by atoms with Crippen molar-refractivity contribution < 1.29 is 22.7 Å². The first-order chi connectivity index (χ1) is 7.58. The maximum Gasteiger partial charge on any atom is 0.425 e. The van der Waals surface area contributed by atoms with E-state index in [1.807, 2.05) is 0 Å². The molecule has 0 aliphatic heterocycles. The number of ether oxygens (including phenoxy) is 1. The molecule has 17 heavy (non-hydrogen) atoms. The van der Waals surface area contributed by atoms with E-state index in [0.29, 0.717) is 11.3 Å². The molecule has 96 valence electrons. The molecule has 0 unspecified atom stereocenters. The third-order valence-electron chi connectivity index (χ3n) is 1.52. The average molecular weight is 267 g/mol. The van der Waals surface area contributed by atoms with Gasteiger partial charge in [0.05, 0.1) is 5.69 Å². The molecule has 0 bridgehead atoms. The van der Waals surface area contributed by atoms with Crippen LogP contribution in [0.5, 0.6) is 0 Å². The highest BCUT2D eigenvalue weighted by atomic mass is 32.1. The van der Waals surface area contributed by atoms with Gasteiger partial charge in [-0.15, -0.1) is 11.3 Å². The number of hydrogen-bond acceptors (Lipinski definition) is 3. The van der Waals surface area contributed by atoms with Crippen LogP contribution in [0.25, 0.3) is 0 Å². The normalized spacial score (nSPS) is 12.4. The minimum absolute atomic E-state index is 0.0802. The number of thiophene rings is 1. The Morgan fingerprint density at radius 2 is 1.94 bits per heavy atom. The first-order valence-corrected chi connectivity index (χ1v) is 5.61. The van der Waals surface area contributed by atoms with Crippen molar-refractivity contribution in [3.8, 4) is 0 Å². The van der Waals surface area contributed by atoms with E-state index in [2.05, 4.69) is 5.32 Å².